The number of rotatable bonds is 3. The summed E-state index contributed by atoms with van der Waals surface area (Å²) in [6, 6.07) is 9.51. The molecule has 0 saturated heterocycles. The highest BCUT2D eigenvalue weighted by molar-refractivity contribution is 7.20. The lowest BCUT2D eigenvalue weighted by Gasteiger charge is -2.08. The van der Waals surface area contributed by atoms with Crippen LogP contribution in [0.3, 0.4) is 0 Å². The van der Waals surface area contributed by atoms with Gasteiger partial charge in [-0.05, 0) is 24.4 Å². The quantitative estimate of drug-likeness (QED) is 0.763. The van der Waals surface area contributed by atoms with Gasteiger partial charge in [0.2, 0.25) is 0 Å². The van der Waals surface area contributed by atoms with E-state index < -0.39 is 0 Å². The number of hydrogen-bond donors (Lipinski definition) is 2. The van der Waals surface area contributed by atoms with Crippen LogP contribution in [0.1, 0.15) is 28.5 Å². The van der Waals surface area contributed by atoms with E-state index in [4.69, 9.17) is 0 Å². The van der Waals surface area contributed by atoms with Crippen LogP contribution in [-0.2, 0) is 0 Å². The minimum atomic E-state index is -0.281. The number of H-pyrrole nitrogens is 1. The van der Waals surface area contributed by atoms with E-state index in [0.29, 0.717) is 10.7 Å². The molecule has 2 aromatic heterocycles. The summed E-state index contributed by atoms with van der Waals surface area (Å²) in [5.41, 5.74) is 0. The Morgan fingerprint density at radius 1 is 1.42 bits per heavy atom. The van der Waals surface area contributed by atoms with Gasteiger partial charge in [0.25, 0.3) is 5.91 Å². The van der Waals surface area contributed by atoms with Crippen molar-refractivity contribution in [2.45, 2.75) is 13.0 Å². The number of tetrazole rings is 1. The summed E-state index contributed by atoms with van der Waals surface area (Å²) >= 11 is 1.47. The van der Waals surface area contributed by atoms with Crippen LogP contribution in [0.5, 0.6) is 0 Å². The lowest BCUT2D eigenvalue weighted by molar-refractivity contribution is 0.0942. The van der Waals surface area contributed by atoms with Crippen molar-refractivity contribution in [2.24, 2.45) is 0 Å². The number of aromatic nitrogens is 4. The number of carbonyl (C=O) groups is 1. The van der Waals surface area contributed by atoms with E-state index in [-0.39, 0.29) is 11.9 Å². The molecule has 1 unspecified atom stereocenters. The number of hydrogen-bond acceptors (Lipinski definition) is 5. The molecule has 0 aliphatic heterocycles. The summed E-state index contributed by atoms with van der Waals surface area (Å²) < 4.78 is 1.10. The first-order valence-electron chi connectivity index (χ1n) is 5.77. The van der Waals surface area contributed by atoms with E-state index >= 15 is 0 Å². The fraction of sp³-hybridized carbons (Fsp3) is 0.167. The third-order valence-corrected chi connectivity index (χ3v) is 3.86. The second-order valence-electron chi connectivity index (χ2n) is 4.11. The van der Waals surface area contributed by atoms with Gasteiger partial charge in [0, 0.05) is 4.70 Å². The van der Waals surface area contributed by atoms with Crippen LogP contribution >= 0.6 is 11.3 Å². The molecule has 3 rings (SSSR count). The topological polar surface area (TPSA) is 83.6 Å². The summed E-state index contributed by atoms with van der Waals surface area (Å²) in [6.45, 7) is 1.82. The first kappa shape index (κ1) is 11.8. The molecule has 1 amide bonds. The molecule has 0 aliphatic rings. The molecule has 2 N–H and O–H groups in total. The Hall–Kier alpha value is -2.28. The normalized spacial score (nSPS) is 12.5. The van der Waals surface area contributed by atoms with Crippen molar-refractivity contribution in [1.82, 2.24) is 25.9 Å². The minimum absolute atomic E-state index is 0.126. The van der Waals surface area contributed by atoms with E-state index in [9.17, 15) is 4.79 Å². The lowest BCUT2D eigenvalue weighted by Crippen LogP contribution is -2.26. The molecule has 0 bridgehead atoms. The Labute approximate surface area is 112 Å². The fourth-order valence-corrected chi connectivity index (χ4v) is 2.74. The van der Waals surface area contributed by atoms with Crippen molar-refractivity contribution in [3.63, 3.8) is 0 Å². The maximum atomic E-state index is 12.1. The molecular weight excluding hydrogens is 262 g/mol. The second kappa shape index (κ2) is 4.77. The van der Waals surface area contributed by atoms with Crippen LogP contribution in [-0.4, -0.2) is 26.5 Å². The third kappa shape index (κ3) is 2.32. The number of nitrogens with one attached hydrogen (secondary N) is 2. The zero-order valence-corrected chi connectivity index (χ0v) is 10.9. The molecule has 1 aromatic carbocycles. The van der Waals surface area contributed by atoms with Gasteiger partial charge in [-0.1, -0.05) is 23.4 Å². The van der Waals surface area contributed by atoms with Crippen LogP contribution < -0.4 is 5.32 Å². The standard InChI is InChI=1S/C12H11N5OS/c1-7(11-14-16-17-15-11)13-12(18)10-6-8-4-2-3-5-9(8)19-10/h2-7H,1H3,(H,13,18)(H,14,15,16,17). The Morgan fingerprint density at radius 3 is 3.00 bits per heavy atom. The first-order valence-corrected chi connectivity index (χ1v) is 6.58. The highest BCUT2D eigenvalue weighted by Crippen LogP contribution is 2.25. The van der Waals surface area contributed by atoms with E-state index in [1.807, 2.05) is 37.3 Å². The molecule has 0 saturated carbocycles. The molecular formula is C12H11N5OS. The van der Waals surface area contributed by atoms with Gasteiger partial charge in [0.05, 0.1) is 10.9 Å². The summed E-state index contributed by atoms with van der Waals surface area (Å²) in [6.07, 6.45) is 0. The fourth-order valence-electron chi connectivity index (χ4n) is 1.78. The molecule has 19 heavy (non-hydrogen) atoms. The van der Waals surface area contributed by atoms with Gasteiger partial charge in [-0.25, -0.2) is 0 Å². The molecule has 7 heteroatoms. The zero-order valence-electron chi connectivity index (χ0n) is 10.1. The maximum Gasteiger partial charge on any atom is 0.261 e. The maximum absolute atomic E-state index is 12.1. The Balaban J connectivity index is 1.80. The van der Waals surface area contributed by atoms with Gasteiger partial charge in [0.15, 0.2) is 5.82 Å². The Morgan fingerprint density at radius 2 is 2.26 bits per heavy atom. The van der Waals surface area contributed by atoms with Gasteiger partial charge >= 0.3 is 0 Å². The molecule has 0 fully saturated rings. The van der Waals surface area contributed by atoms with Crippen molar-refractivity contribution in [3.8, 4) is 0 Å². The van der Waals surface area contributed by atoms with E-state index in [1.54, 1.807) is 0 Å². The second-order valence-corrected chi connectivity index (χ2v) is 5.20. The van der Waals surface area contributed by atoms with E-state index in [1.165, 1.54) is 11.3 Å². The average molecular weight is 273 g/mol. The Kier molecular flexibility index (Phi) is 2.96. The van der Waals surface area contributed by atoms with E-state index in [2.05, 4.69) is 25.9 Å². The van der Waals surface area contributed by atoms with Gasteiger partial charge in [-0.15, -0.1) is 21.5 Å². The Bertz CT molecular complexity index is 673. The molecule has 2 heterocycles. The molecule has 1 atom stereocenters. The van der Waals surface area contributed by atoms with Gasteiger partial charge in [-0.2, -0.15) is 5.21 Å². The van der Waals surface area contributed by atoms with Crippen molar-refractivity contribution in [1.29, 1.82) is 0 Å². The summed E-state index contributed by atoms with van der Waals surface area (Å²) in [5, 5.41) is 17.5. The number of benzene rings is 1. The number of fused-ring (bicyclic) bond motifs is 1. The van der Waals surface area contributed by atoms with Gasteiger partial charge in [0.1, 0.15) is 0 Å². The third-order valence-electron chi connectivity index (χ3n) is 2.75. The molecule has 3 aromatic rings. The van der Waals surface area contributed by atoms with Crippen LogP contribution in [0.15, 0.2) is 30.3 Å². The number of carbonyl (C=O) groups excluding carboxylic acids is 1. The number of nitrogens with zero attached hydrogens (tertiary/aromatic N) is 3. The SMILES string of the molecule is CC(NC(=O)c1cc2ccccc2s1)c1nn[nH]n1. The summed E-state index contributed by atoms with van der Waals surface area (Å²) in [4.78, 5) is 12.8. The van der Waals surface area contributed by atoms with Crippen molar-refractivity contribution in [2.75, 3.05) is 0 Å². The number of amides is 1. The highest BCUT2D eigenvalue weighted by atomic mass is 32.1. The van der Waals surface area contributed by atoms with Gasteiger partial charge in [-0.3, -0.25) is 4.79 Å². The molecule has 0 spiro atoms. The molecule has 96 valence electrons. The van der Waals surface area contributed by atoms with Crippen LogP contribution in [0, 0.1) is 0 Å². The van der Waals surface area contributed by atoms with Crippen LogP contribution in [0.25, 0.3) is 10.1 Å². The molecule has 0 aliphatic carbocycles. The predicted octanol–water partition coefficient (Wildman–Crippen LogP) is 1.91. The highest BCUT2D eigenvalue weighted by Gasteiger charge is 2.16. The largest absolute Gasteiger partial charge is 0.341 e. The van der Waals surface area contributed by atoms with Gasteiger partial charge < -0.3 is 5.32 Å². The van der Waals surface area contributed by atoms with E-state index in [0.717, 1.165) is 10.1 Å². The number of aromatic amines is 1. The monoisotopic (exact) mass is 273 g/mol. The zero-order chi connectivity index (χ0) is 13.2. The first-order chi connectivity index (χ1) is 9.24. The summed E-state index contributed by atoms with van der Waals surface area (Å²) in [5.74, 6) is 0.341. The van der Waals surface area contributed by atoms with Crippen molar-refractivity contribution < 1.29 is 4.79 Å². The average Bonchev–Trinajstić information content (AvgIpc) is 3.07. The summed E-state index contributed by atoms with van der Waals surface area (Å²) in [7, 11) is 0. The van der Waals surface area contributed by atoms with Crippen LogP contribution in [0.2, 0.25) is 0 Å². The number of thiophene rings is 1. The predicted molar refractivity (Wildman–Crippen MR) is 71.9 cm³/mol. The van der Waals surface area contributed by atoms with Crippen LogP contribution in [0.4, 0.5) is 0 Å². The smallest absolute Gasteiger partial charge is 0.261 e. The lowest BCUT2D eigenvalue weighted by atomic mass is 10.2. The minimum Gasteiger partial charge on any atom is -0.341 e. The van der Waals surface area contributed by atoms with Crippen molar-refractivity contribution >= 4 is 27.3 Å². The van der Waals surface area contributed by atoms with Crippen molar-refractivity contribution in [3.05, 3.63) is 41.0 Å². The molecule has 6 nitrogen and oxygen atoms in total. The molecule has 0 radical (unpaired) electrons.